The van der Waals surface area contributed by atoms with Crippen molar-refractivity contribution in [3.05, 3.63) is 18.0 Å². The highest BCUT2D eigenvalue weighted by atomic mass is 16.2. The van der Waals surface area contributed by atoms with E-state index in [-0.39, 0.29) is 5.91 Å². The summed E-state index contributed by atoms with van der Waals surface area (Å²) in [6, 6.07) is 0.771. The molecule has 0 spiro atoms. The normalized spacial score (nSPS) is 24.3. The first kappa shape index (κ1) is 13.1. The molecule has 0 aromatic carbocycles. The summed E-state index contributed by atoms with van der Waals surface area (Å²) in [6.07, 6.45) is 5.15. The maximum absolute atomic E-state index is 12.1. The fourth-order valence-corrected chi connectivity index (χ4v) is 2.54. The van der Waals surface area contributed by atoms with E-state index in [4.69, 9.17) is 0 Å². The summed E-state index contributed by atoms with van der Waals surface area (Å²) in [5, 5.41) is 7.55. The van der Waals surface area contributed by atoms with Gasteiger partial charge >= 0.3 is 0 Å². The molecule has 100 valence electrons. The standard InChI is InChI=1S/C13H22N4O/c1-10-7-17(8-11(2)15-10)13(18)5-4-12-6-14-16(3)9-12/h6,9-11,15H,4-5,7-8H2,1-3H3/t10-,11-/m1/s1. The Bertz CT molecular complexity index is 405. The first-order valence-electron chi connectivity index (χ1n) is 6.56. The number of carbonyl (C=O) groups is 1. The fraction of sp³-hybridized carbons (Fsp3) is 0.692. The van der Waals surface area contributed by atoms with Crippen LogP contribution in [0.15, 0.2) is 12.4 Å². The molecule has 0 saturated carbocycles. The van der Waals surface area contributed by atoms with Crippen molar-refractivity contribution in [2.45, 2.75) is 38.8 Å². The lowest BCUT2D eigenvalue weighted by Gasteiger charge is -2.36. The number of amides is 1. The molecule has 18 heavy (non-hydrogen) atoms. The quantitative estimate of drug-likeness (QED) is 0.853. The largest absolute Gasteiger partial charge is 0.340 e. The maximum atomic E-state index is 12.1. The topological polar surface area (TPSA) is 50.2 Å². The molecule has 0 bridgehead atoms. The maximum Gasteiger partial charge on any atom is 0.223 e. The Kier molecular flexibility index (Phi) is 4.01. The summed E-state index contributed by atoms with van der Waals surface area (Å²) >= 11 is 0. The number of hydrogen-bond acceptors (Lipinski definition) is 3. The van der Waals surface area contributed by atoms with Crippen LogP contribution in [0.4, 0.5) is 0 Å². The van der Waals surface area contributed by atoms with E-state index >= 15 is 0 Å². The van der Waals surface area contributed by atoms with Crippen LogP contribution in [0.2, 0.25) is 0 Å². The second-order valence-corrected chi connectivity index (χ2v) is 5.29. The van der Waals surface area contributed by atoms with E-state index in [0.717, 1.165) is 25.1 Å². The van der Waals surface area contributed by atoms with Gasteiger partial charge in [0.25, 0.3) is 0 Å². The lowest BCUT2D eigenvalue weighted by atomic mass is 10.1. The van der Waals surface area contributed by atoms with Crippen LogP contribution in [0.1, 0.15) is 25.8 Å². The molecule has 1 aromatic rings. The third-order valence-electron chi connectivity index (χ3n) is 3.30. The van der Waals surface area contributed by atoms with Gasteiger partial charge in [0.1, 0.15) is 0 Å². The third kappa shape index (κ3) is 3.32. The van der Waals surface area contributed by atoms with Crippen molar-refractivity contribution in [3.8, 4) is 0 Å². The molecule has 1 fully saturated rings. The van der Waals surface area contributed by atoms with Crippen LogP contribution in [-0.2, 0) is 18.3 Å². The first-order chi connectivity index (χ1) is 8.54. The van der Waals surface area contributed by atoms with Gasteiger partial charge in [0.15, 0.2) is 0 Å². The molecule has 2 rings (SSSR count). The number of hydrogen-bond donors (Lipinski definition) is 1. The van der Waals surface area contributed by atoms with Crippen molar-refractivity contribution < 1.29 is 4.79 Å². The molecule has 2 atom stereocenters. The van der Waals surface area contributed by atoms with Crippen LogP contribution in [-0.4, -0.2) is 45.8 Å². The molecule has 0 radical (unpaired) electrons. The third-order valence-corrected chi connectivity index (χ3v) is 3.30. The Labute approximate surface area is 108 Å². The average Bonchev–Trinajstić information content (AvgIpc) is 2.70. The molecule has 5 nitrogen and oxygen atoms in total. The number of aryl methyl sites for hydroxylation is 2. The summed E-state index contributed by atoms with van der Waals surface area (Å²) in [5.41, 5.74) is 1.13. The molecule has 1 aliphatic heterocycles. The summed E-state index contributed by atoms with van der Waals surface area (Å²) in [7, 11) is 1.89. The molecular weight excluding hydrogens is 228 g/mol. The van der Waals surface area contributed by atoms with Crippen molar-refractivity contribution in [3.63, 3.8) is 0 Å². The van der Waals surface area contributed by atoms with E-state index in [1.165, 1.54) is 0 Å². The van der Waals surface area contributed by atoms with E-state index in [0.29, 0.717) is 18.5 Å². The van der Waals surface area contributed by atoms with Crippen LogP contribution in [0.3, 0.4) is 0 Å². The summed E-state index contributed by atoms with van der Waals surface area (Å²) in [5.74, 6) is 0.249. The van der Waals surface area contributed by atoms with Gasteiger partial charge in [-0.3, -0.25) is 9.48 Å². The van der Waals surface area contributed by atoms with Gasteiger partial charge in [0.05, 0.1) is 6.20 Å². The molecule has 5 heteroatoms. The Balaban J connectivity index is 1.84. The number of nitrogens with one attached hydrogen (secondary N) is 1. The Morgan fingerprint density at radius 2 is 2.11 bits per heavy atom. The minimum absolute atomic E-state index is 0.249. The number of carbonyl (C=O) groups excluding carboxylic acids is 1. The average molecular weight is 250 g/mol. The van der Waals surface area contributed by atoms with Crippen molar-refractivity contribution in [2.24, 2.45) is 7.05 Å². The fourth-order valence-electron chi connectivity index (χ4n) is 2.54. The second kappa shape index (κ2) is 5.52. The minimum atomic E-state index is 0.249. The molecule has 1 saturated heterocycles. The van der Waals surface area contributed by atoms with Crippen LogP contribution in [0.5, 0.6) is 0 Å². The van der Waals surface area contributed by atoms with Crippen LogP contribution in [0.25, 0.3) is 0 Å². The highest BCUT2D eigenvalue weighted by Gasteiger charge is 2.24. The van der Waals surface area contributed by atoms with Gasteiger partial charge in [-0.25, -0.2) is 0 Å². The lowest BCUT2D eigenvalue weighted by Crippen LogP contribution is -2.55. The molecule has 2 heterocycles. The minimum Gasteiger partial charge on any atom is -0.340 e. The molecule has 1 aromatic heterocycles. The van der Waals surface area contributed by atoms with Gasteiger partial charge < -0.3 is 10.2 Å². The Hall–Kier alpha value is -1.36. The second-order valence-electron chi connectivity index (χ2n) is 5.29. The summed E-state index contributed by atoms with van der Waals surface area (Å²) in [4.78, 5) is 14.1. The first-order valence-corrected chi connectivity index (χ1v) is 6.56. The molecule has 1 N–H and O–H groups in total. The Morgan fingerprint density at radius 3 is 2.67 bits per heavy atom. The number of nitrogens with zero attached hydrogens (tertiary/aromatic N) is 3. The van der Waals surface area contributed by atoms with Crippen molar-refractivity contribution in [2.75, 3.05) is 13.1 Å². The van der Waals surface area contributed by atoms with Gasteiger partial charge in [-0.2, -0.15) is 5.10 Å². The smallest absolute Gasteiger partial charge is 0.223 e. The van der Waals surface area contributed by atoms with E-state index in [9.17, 15) is 4.79 Å². The predicted octanol–water partition coefficient (Wildman–Crippen LogP) is 0.561. The number of piperazine rings is 1. The highest BCUT2D eigenvalue weighted by Crippen LogP contribution is 2.08. The SMILES string of the molecule is C[C@@H]1CN(C(=O)CCc2cnn(C)c2)C[C@@H](C)N1. The van der Waals surface area contributed by atoms with Gasteiger partial charge in [-0.15, -0.1) is 0 Å². The van der Waals surface area contributed by atoms with Gasteiger partial charge in [0, 0.05) is 44.8 Å². The number of aromatic nitrogens is 2. The Morgan fingerprint density at radius 1 is 1.44 bits per heavy atom. The van der Waals surface area contributed by atoms with Gasteiger partial charge in [-0.1, -0.05) is 0 Å². The zero-order chi connectivity index (χ0) is 13.1. The van der Waals surface area contributed by atoms with Crippen molar-refractivity contribution >= 4 is 5.91 Å². The highest BCUT2D eigenvalue weighted by molar-refractivity contribution is 5.76. The zero-order valence-corrected chi connectivity index (χ0v) is 11.4. The molecule has 1 amide bonds. The van der Waals surface area contributed by atoms with E-state index in [1.54, 1.807) is 4.68 Å². The van der Waals surface area contributed by atoms with E-state index < -0.39 is 0 Å². The van der Waals surface area contributed by atoms with Crippen LogP contribution >= 0.6 is 0 Å². The zero-order valence-electron chi connectivity index (χ0n) is 11.4. The molecule has 0 aliphatic carbocycles. The molecule has 1 aliphatic rings. The van der Waals surface area contributed by atoms with Crippen LogP contribution in [0, 0.1) is 0 Å². The number of rotatable bonds is 3. The van der Waals surface area contributed by atoms with Crippen LogP contribution < -0.4 is 5.32 Å². The lowest BCUT2D eigenvalue weighted by molar-refractivity contribution is -0.132. The monoisotopic (exact) mass is 250 g/mol. The summed E-state index contributed by atoms with van der Waals surface area (Å²) in [6.45, 7) is 5.88. The van der Waals surface area contributed by atoms with E-state index in [1.807, 2.05) is 24.3 Å². The molecular formula is C13H22N4O. The van der Waals surface area contributed by atoms with Gasteiger partial charge in [0.2, 0.25) is 5.91 Å². The van der Waals surface area contributed by atoms with Crippen molar-refractivity contribution in [1.82, 2.24) is 20.0 Å². The van der Waals surface area contributed by atoms with E-state index in [2.05, 4.69) is 24.3 Å². The van der Waals surface area contributed by atoms with Gasteiger partial charge in [-0.05, 0) is 25.8 Å². The predicted molar refractivity (Wildman–Crippen MR) is 70.2 cm³/mol. The summed E-state index contributed by atoms with van der Waals surface area (Å²) < 4.78 is 1.77. The van der Waals surface area contributed by atoms with Crippen molar-refractivity contribution in [1.29, 1.82) is 0 Å². The molecule has 0 unspecified atom stereocenters.